The number of hydrogen-bond acceptors (Lipinski definition) is 4. The number of nitrogens with one attached hydrogen (secondary N) is 1. The van der Waals surface area contributed by atoms with Gasteiger partial charge in [0.15, 0.2) is 0 Å². The second kappa shape index (κ2) is 9.88. The third kappa shape index (κ3) is 5.91. The number of imidazole rings is 1. The minimum atomic E-state index is -3.78. The first-order valence-corrected chi connectivity index (χ1v) is 11.4. The highest BCUT2D eigenvalue weighted by atomic mass is 32.2. The maximum atomic E-state index is 13.1. The zero-order valence-corrected chi connectivity index (χ0v) is 18.6. The smallest absolute Gasteiger partial charge is 0.318 e. The fraction of sp³-hybridized carbons (Fsp3) is 0.429. The molecule has 2 amide bonds. The molecule has 0 unspecified atom stereocenters. The van der Waals surface area contributed by atoms with Crippen molar-refractivity contribution in [3.8, 4) is 0 Å². The largest absolute Gasteiger partial charge is 0.336 e. The molecule has 1 N–H and O–H groups in total. The molecule has 164 valence electrons. The van der Waals surface area contributed by atoms with Crippen LogP contribution in [0.2, 0.25) is 0 Å². The summed E-state index contributed by atoms with van der Waals surface area (Å²) in [4.78, 5) is 18.2. The maximum Gasteiger partial charge on any atom is 0.318 e. The predicted molar refractivity (Wildman–Crippen MR) is 114 cm³/mol. The predicted octanol–water partition coefficient (Wildman–Crippen LogP) is 3.68. The van der Waals surface area contributed by atoms with Crippen molar-refractivity contribution in [2.75, 3.05) is 6.54 Å². The molecule has 2 rings (SSSR count). The molecule has 2 aromatic rings. The van der Waals surface area contributed by atoms with E-state index in [0.29, 0.717) is 17.8 Å². The fourth-order valence-electron chi connectivity index (χ4n) is 3.05. The number of carbonyl (C=O) groups is 1. The van der Waals surface area contributed by atoms with Crippen molar-refractivity contribution in [1.29, 1.82) is 0 Å². The Balaban J connectivity index is 2.36. The molecule has 0 atom stereocenters. The van der Waals surface area contributed by atoms with Crippen molar-refractivity contribution in [2.24, 2.45) is 0 Å². The van der Waals surface area contributed by atoms with Gasteiger partial charge in [0.05, 0.1) is 24.2 Å². The van der Waals surface area contributed by atoms with Gasteiger partial charge in [0.25, 0.3) is 0 Å². The molecule has 0 saturated carbocycles. The molecule has 0 aliphatic rings. The number of nitrogens with zero attached hydrogens (tertiary/aromatic N) is 3. The second-order valence-corrected chi connectivity index (χ2v) is 9.54. The Kier molecular flexibility index (Phi) is 7.77. The Morgan fingerprint density at radius 3 is 2.43 bits per heavy atom. The molecule has 1 aromatic carbocycles. The normalized spacial score (nSPS) is 11.7. The van der Waals surface area contributed by atoms with Crippen LogP contribution in [-0.4, -0.2) is 41.5 Å². The van der Waals surface area contributed by atoms with Gasteiger partial charge in [0, 0.05) is 18.6 Å². The van der Waals surface area contributed by atoms with Crippen molar-refractivity contribution < 1.29 is 17.6 Å². The van der Waals surface area contributed by atoms with Crippen LogP contribution in [0.4, 0.5) is 9.18 Å². The van der Waals surface area contributed by atoms with E-state index in [1.165, 1.54) is 30.5 Å². The summed E-state index contributed by atoms with van der Waals surface area (Å²) in [7, 11) is -3.78. The average molecular weight is 437 g/mol. The molecule has 0 spiro atoms. The number of benzene rings is 1. The number of sulfone groups is 1. The first-order valence-electron chi connectivity index (χ1n) is 9.74. The summed E-state index contributed by atoms with van der Waals surface area (Å²) in [5.41, 5.74) is 1.07. The van der Waals surface area contributed by atoms with E-state index in [2.05, 4.69) is 16.9 Å². The van der Waals surface area contributed by atoms with E-state index >= 15 is 0 Å². The van der Waals surface area contributed by atoms with Gasteiger partial charge in [-0.25, -0.2) is 22.6 Å². The minimum Gasteiger partial charge on any atom is -0.336 e. The van der Waals surface area contributed by atoms with Crippen molar-refractivity contribution in [2.45, 2.75) is 57.2 Å². The molecule has 7 nitrogen and oxygen atoms in total. The van der Waals surface area contributed by atoms with Crippen LogP contribution in [-0.2, 0) is 22.1 Å². The lowest BCUT2D eigenvalue weighted by Crippen LogP contribution is -2.43. The van der Waals surface area contributed by atoms with Crippen molar-refractivity contribution >= 4 is 15.9 Å². The number of halogens is 1. The van der Waals surface area contributed by atoms with Crippen molar-refractivity contribution in [3.63, 3.8) is 0 Å². The highest BCUT2D eigenvalue weighted by Crippen LogP contribution is 2.23. The van der Waals surface area contributed by atoms with Crippen LogP contribution < -0.4 is 5.32 Å². The monoisotopic (exact) mass is 436 g/mol. The van der Waals surface area contributed by atoms with E-state index in [0.717, 1.165) is 0 Å². The van der Waals surface area contributed by atoms with Crippen LogP contribution in [0.15, 0.2) is 48.3 Å². The molecule has 0 bridgehead atoms. The first-order chi connectivity index (χ1) is 14.0. The van der Waals surface area contributed by atoms with Crippen LogP contribution in [0.5, 0.6) is 0 Å². The van der Waals surface area contributed by atoms with Gasteiger partial charge in [-0.3, -0.25) is 0 Å². The van der Waals surface area contributed by atoms with E-state index in [1.807, 2.05) is 27.7 Å². The highest BCUT2D eigenvalue weighted by molar-refractivity contribution is 7.90. The van der Waals surface area contributed by atoms with E-state index in [9.17, 15) is 17.6 Å². The van der Waals surface area contributed by atoms with Gasteiger partial charge >= 0.3 is 6.03 Å². The number of urea groups is 1. The Labute approximate surface area is 177 Å². The number of aromatic nitrogens is 2. The number of hydrogen-bond donors (Lipinski definition) is 1. The lowest BCUT2D eigenvalue weighted by molar-refractivity contribution is 0.196. The Bertz CT molecular complexity index is 982. The topological polar surface area (TPSA) is 84.3 Å². The van der Waals surface area contributed by atoms with Gasteiger partial charge in [-0.2, -0.15) is 0 Å². The molecule has 9 heteroatoms. The molecular weight excluding hydrogens is 407 g/mol. The van der Waals surface area contributed by atoms with Crippen LogP contribution in [0.25, 0.3) is 0 Å². The van der Waals surface area contributed by atoms with Crippen molar-refractivity contribution in [1.82, 2.24) is 19.8 Å². The molecule has 0 radical (unpaired) electrons. The lowest BCUT2D eigenvalue weighted by atomic mass is 10.2. The molecule has 30 heavy (non-hydrogen) atoms. The summed E-state index contributed by atoms with van der Waals surface area (Å²) in [6, 6.07) is 4.84. The SMILES string of the molecule is C=CCN(Cc1cnc(S(=O)(=O)Cc2ccc(F)cc2)n1C(C)C)C(=O)NC(C)C. The summed E-state index contributed by atoms with van der Waals surface area (Å²) in [5, 5.41) is 2.76. The molecule has 0 saturated heterocycles. The molecule has 0 aliphatic heterocycles. The molecular formula is C21H29FN4O3S. The van der Waals surface area contributed by atoms with Crippen molar-refractivity contribution in [3.05, 3.63) is 60.2 Å². The third-order valence-electron chi connectivity index (χ3n) is 4.31. The van der Waals surface area contributed by atoms with E-state index in [4.69, 9.17) is 0 Å². The van der Waals surface area contributed by atoms with E-state index in [1.54, 1.807) is 15.5 Å². The first kappa shape index (κ1) is 23.6. The molecule has 0 fully saturated rings. The Morgan fingerprint density at radius 2 is 1.90 bits per heavy atom. The zero-order valence-electron chi connectivity index (χ0n) is 17.8. The van der Waals surface area contributed by atoms with Crippen LogP contribution in [0.3, 0.4) is 0 Å². The maximum absolute atomic E-state index is 13.1. The summed E-state index contributed by atoms with van der Waals surface area (Å²) in [6.07, 6.45) is 3.10. The average Bonchev–Trinajstić information content (AvgIpc) is 3.07. The minimum absolute atomic E-state index is 0.0357. The quantitative estimate of drug-likeness (QED) is 0.608. The summed E-state index contributed by atoms with van der Waals surface area (Å²) in [5.74, 6) is -0.718. The fourth-order valence-corrected chi connectivity index (χ4v) is 4.65. The highest BCUT2D eigenvalue weighted by Gasteiger charge is 2.26. The Morgan fingerprint density at radius 1 is 1.27 bits per heavy atom. The summed E-state index contributed by atoms with van der Waals surface area (Å²) < 4.78 is 40.8. The van der Waals surface area contributed by atoms with Gasteiger partial charge in [0.1, 0.15) is 5.82 Å². The van der Waals surface area contributed by atoms with E-state index in [-0.39, 0.29) is 35.6 Å². The van der Waals surface area contributed by atoms with Gasteiger partial charge in [-0.15, -0.1) is 6.58 Å². The number of amides is 2. The van der Waals surface area contributed by atoms with E-state index < -0.39 is 15.7 Å². The van der Waals surface area contributed by atoms with Crippen LogP contribution in [0.1, 0.15) is 45.0 Å². The zero-order chi connectivity index (χ0) is 22.5. The summed E-state index contributed by atoms with van der Waals surface area (Å²) in [6.45, 7) is 11.6. The van der Waals surface area contributed by atoms with Gasteiger partial charge in [-0.05, 0) is 45.4 Å². The molecule has 0 aliphatic carbocycles. The standard InChI is InChI=1S/C21H29FN4O3S/c1-6-11-25(20(27)24-15(2)3)13-19-12-23-21(26(19)16(4)5)30(28,29)14-17-7-9-18(22)10-8-17/h6-10,12,15-16H,1,11,13-14H2,2-5H3,(H,24,27). The lowest BCUT2D eigenvalue weighted by Gasteiger charge is -2.24. The van der Waals surface area contributed by atoms with Gasteiger partial charge in [-0.1, -0.05) is 18.2 Å². The molecule has 1 heterocycles. The van der Waals surface area contributed by atoms with Gasteiger partial charge in [0.2, 0.25) is 15.0 Å². The summed E-state index contributed by atoms with van der Waals surface area (Å²) >= 11 is 0. The number of rotatable bonds is 9. The second-order valence-electron chi connectivity index (χ2n) is 7.65. The van der Waals surface area contributed by atoms with Crippen LogP contribution in [0, 0.1) is 5.82 Å². The Hall–Kier alpha value is -2.68. The van der Waals surface area contributed by atoms with Gasteiger partial charge < -0.3 is 14.8 Å². The third-order valence-corrected chi connectivity index (χ3v) is 5.88. The number of carbonyl (C=O) groups excluding carboxylic acids is 1. The van der Waals surface area contributed by atoms with Crippen LogP contribution >= 0.6 is 0 Å². The molecule has 1 aromatic heterocycles.